The highest BCUT2D eigenvalue weighted by atomic mass is 16.5. The molecule has 1 aliphatic heterocycles. The van der Waals surface area contributed by atoms with E-state index >= 15 is 0 Å². The van der Waals surface area contributed by atoms with Crippen molar-refractivity contribution in [2.24, 2.45) is 0 Å². The van der Waals surface area contributed by atoms with E-state index in [9.17, 15) is 9.59 Å². The van der Waals surface area contributed by atoms with Crippen molar-refractivity contribution < 1.29 is 14.3 Å². The van der Waals surface area contributed by atoms with E-state index in [1.807, 2.05) is 0 Å². The van der Waals surface area contributed by atoms with Crippen molar-refractivity contribution in [3.8, 4) is 0 Å². The molecule has 0 saturated carbocycles. The summed E-state index contributed by atoms with van der Waals surface area (Å²) >= 11 is 0. The number of nitrogens with one attached hydrogen (secondary N) is 1. The normalized spacial score (nSPS) is 15.6. The number of rotatable bonds is 6. The van der Waals surface area contributed by atoms with Gasteiger partial charge in [0.15, 0.2) is 0 Å². The maximum atomic E-state index is 11.9. The Morgan fingerprint density at radius 1 is 1.39 bits per heavy atom. The molecule has 18 heavy (non-hydrogen) atoms. The topological polar surface area (TPSA) is 61.9 Å². The number of amides is 2. The zero-order chi connectivity index (χ0) is 13.4. The van der Waals surface area contributed by atoms with Crippen LogP contribution in [-0.4, -0.2) is 74.6 Å². The van der Waals surface area contributed by atoms with Gasteiger partial charge in [0.05, 0.1) is 26.3 Å². The molecule has 1 rings (SSSR count). The van der Waals surface area contributed by atoms with Gasteiger partial charge in [0.1, 0.15) is 0 Å². The minimum absolute atomic E-state index is 0.0392. The van der Waals surface area contributed by atoms with E-state index in [0.29, 0.717) is 32.8 Å². The number of carbonyl (C=O) groups excluding carboxylic acids is 2. The quantitative estimate of drug-likeness (QED) is 0.624. The van der Waals surface area contributed by atoms with Crippen molar-refractivity contribution in [1.29, 1.82) is 0 Å². The van der Waals surface area contributed by atoms with Crippen LogP contribution in [0.25, 0.3) is 0 Å². The van der Waals surface area contributed by atoms with Crippen LogP contribution in [0.2, 0.25) is 0 Å². The predicted molar refractivity (Wildman–Crippen MR) is 68.1 cm³/mol. The molecule has 0 aromatic heterocycles. The van der Waals surface area contributed by atoms with Gasteiger partial charge in [-0.05, 0) is 7.05 Å². The van der Waals surface area contributed by atoms with Gasteiger partial charge in [-0.3, -0.25) is 14.5 Å². The fourth-order valence-electron chi connectivity index (χ4n) is 1.69. The summed E-state index contributed by atoms with van der Waals surface area (Å²) in [5.74, 6) is -0.0653. The number of nitrogens with zero attached hydrogens (tertiary/aromatic N) is 2. The van der Waals surface area contributed by atoms with Crippen molar-refractivity contribution in [3.63, 3.8) is 0 Å². The number of likely N-dealkylation sites (N-methyl/N-ethyl adjacent to an activating group) is 1. The first-order valence-electron chi connectivity index (χ1n) is 6.05. The monoisotopic (exact) mass is 255 g/mol. The summed E-state index contributed by atoms with van der Waals surface area (Å²) < 4.78 is 5.18. The van der Waals surface area contributed by atoms with E-state index in [1.54, 1.807) is 22.9 Å². The number of hydrogen-bond acceptors (Lipinski definition) is 4. The maximum absolute atomic E-state index is 11.9. The minimum Gasteiger partial charge on any atom is -0.378 e. The van der Waals surface area contributed by atoms with Gasteiger partial charge in [0.25, 0.3) is 0 Å². The molecule has 1 fully saturated rings. The molecule has 102 valence electrons. The molecule has 1 N–H and O–H groups in total. The smallest absolute Gasteiger partial charge is 0.236 e. The fraction of sp³-hybridized carbons (Fsp3) is 0.667. The van der Waals surface area contributed by atoms with Crippen LogP contribution >= 0.6 is 0 Å². The Labute approximate surface area is 108 Å². The second-order valence-corrected chi connectivity index (χ2v) is 4.26. The van der Waals surface area contributed by atoms with Crippen molar-refractivity contribution in [1.82, 2.24) is 15.1 Å². The molecular weight excluding hydrogens is 234 g/mol. The van der Waals surface area contributed by atoms with Gasteiger partial charge in [0.2, 0.25) is 11.8 Å². The standard InChI is InChI=1S/C12H21N3O3/c1-3-4-13-11(16)9-14(2)10-12(17)15-5-7-18-8-6-15/h3H,1,4-10H2,2H3,(H,13,16). The SMILES string of the molecule is C=CCNC(=O)CN(C)CC(=O)N1CCOCC1. The molecule has 0 atom stereocenters. The number of hydrogen-bond donors (Lipinski definition) is 1. The molecule has 0 radical (unpaired) electrons. The largest absolute Gasteiger partial charge is 0.378 e. The Kier molecular flexibility index (Phi) is 6.38. The van der Waals surface area contributed by atoms with E-state index in [1.165, 1.54) is 0 Å². The molecule has 2 amide bonds. The Bertz CT molecular complexity index is 301. The zero-order valence-corrected chi connectivity index (χ0v) is 10.9. The maximum Gasteiger partial charge on any atom is 0.236 e. The summed E-state index contributed by atoms with van der Waals surface area (Å²) in [6, 6.07) is 0. The lowest BCUT2D eigenvalue weighted by molar-refractivity contribution is -0.136. The molecule has 0 unspecified atom stereocenters. The Morgan fingerprint density at radius 2 is 2.06 bits per heavy atom. The molecule has 1 aliphatic rings. The van der Waals surface area contributed by atoms with Crippen LogP contribution in [-0.2, 0) is 14.3 Å². The number of morpholine rings is 1. The fourth-order valence-corrected chi connectivity index (χ4v) is 1.69. The van der Waals surface area contributed by atoms with Crippen LogP contribution in [0.3, 0.4) is 0 Å². The lowest BCUT2D eigenvalue weighted by Gasteiger charge is -2.28. The van der Waals surface area contributed by atoms with E-state index in [2.05, 4.69) is 11.9 Å². The first kappa shape index (κ1) is 14.7. The molecule has 0 aliphatic carbocycles. The van der Waals surface area contributed by atoms with Crippen molar-refractivity contribution in [2.75, 3.05) is 53.0 Å². The molecule has 0 bridgehead atoms. The lowest BCUT2D eigenvalue weighted by atomic mass is 10.3. The molecule has 6 nitrogen and oxygen atoms in total. The highest BCUT2D eigenvalue weighted by molar-refractivity contribution is 5.81. The van der Waals surface area contributed by atoms with Gasteiger partial charge < -0.3 is 15.0 Å². The molecular formula is C12H21N3O3. The summed E-state index contributed by atoms with van der Waals surface area (Å²) in [6.45, 7) is 6.89. The summed E-state index contributed by atoms with van der Waals surface area (Å²) in [5.41, 5.74) is 0. The third-order valence-corrected chi connectivity index (χ3v) is 2.63. The highest BCUT2D eigenvalue weighted by Gasteiger charge is 2.18. The third-order valence-electron chi connectivity index (χ3n) is 2.63. The predicted octanol–water partition coefficient (Wildman–Crippen LogP) is -0.921. The summed E-state index contributed by atoms with van der Waals surface area (Å²) in [7, 11) is 1.76. The molecule has 1 heterocycles. The average Bonchev–Trinajstić information content (AvgIpc) is 2.37. The lowest BCUT2D eigenvalue weighted by Crippen LogP contribution is -2.46. The van der Waals surface area contributed by atoms with Gasteiger partial charge in [-0.2, -0.15) is 0 Å². The Hall–Kier alpha value is -1.40. The van der Waals surface area contributed by atoms with Crippen molar-refractivity contribution in [3.05, 3.63) is 12.7 Å². The van der Waals surface area contributed by atoms with Gasteiger partial charge >= 0.3 is 0 Å². The van der Waals surface area contributed by atoms with Crippen LogP contribution in [0.4, 0.5) is 0 Å². The summed E-state index contributed by atoms with van der Waals surface area (Å²) in [5, 5.41) is 2.67. The van der Waals surface area contributed by atoms with E-state index in [-0.39, 0.29) is 24.9 Å². The molecule has 0 aromatic carbocycles. The minimum atomic E-state index is -0.104. The molecule has 0 spiro atoms. The van der Waals surface area contributed by atoms with Crippen LogP contribution in [0.15, 0.2) is 12.7 Å². The molecule has 0 aromatic rings. The van der Waals surface area contributed by atoms with E-state index in [4.69, 9.17) is 4.74 Å². The zero-order valence-electron chi connectivity index (χ0n) is 10.9. The first-order chi connectivity index (χ1) is 8.63. The summed E-state index contributed by atoms with van der Waals surface area (Å²) in [4.78, 5) is 26.8. The second-order valence-electron chi connectivity index (χ2n) is 4.26. The third kappa shape index (κ3) is 5.29. The Balaban J connectivity index is 2.25. The summed E-state index contributed by atoms with van der Waals surface area (Å²) in [6.07, 6.45) is 1.62. The van der Waals surface area contributed by atoms with Gasteiger partial charge in [-0.1, -0.05) is 6.08 Å². The van der Waals surface area contributed by atoms with Gasteiger partial charge in [-0.25, -0.2) is 0 Å². The van der Waals surface area contributed by atoms with Crippen LogP contribution < -0.4 is 5.32 Å². The number of ether oxygens (including phenoxy) is 1. The highest BCUT2D eigenvalue weighted by Crippen LogP contribution is 1.98. The van der Waals surface area contributed by atoms with Crippen LogP contribution in [0.1, 0.15) is 0 Å². The van der Waals surface area contributed by atoms with Crippen molar-refractivity contribution in [2.45, 2.75) is 0 Å². The van der Waals surface area contributed by atoms with Crippen LogP contribution in [0.5, 0.6) is 0 Å². The number of carbonyl (C=O) groups is 2. The molecule has 6 heteroatoms. The molecule has 1 saturated heterocycles. The average molecular weight is 255 g/mol. The Morgan fingerprint density at radius 3 is 2.67 bits per heavy atom. The van der Waals surface area contributed by atoms with E-state index in [0.717, 1.165) is 0 Å². The first-order valence-corrected chi connectivity index (χ1v) is 6.05. The second kappa shape index (κ2) is 7.84. The van der Waals surface area contributed by atoms with Gasteiger partial charge in [-0.15, -0.1) is 6.58 Å². The van der Waals surface area contributed by atoms with Crippen molar-refractivity contribution >= 4 is 11.8 Å². The van der Waals surface area contributed by atoms with Crippen LogP contribution in [0, 0.1) is 0 Å². The van der Waals surface area contributed by atoms with Gasteiger partial charge in [0, 0.05) is 19.6 Å². The van der Waals surface area contributed by atoms with E-state index < -0.39 is 0 Å².